The Morgan fingerprint density at radius 3 is 2.30 bits per heavy atom. The van der Waals surface area contributed by atoms with E-state index in [1.165, 1.54) is 0 Å². The number of morpholine rings is 1. The predicted octanol–water partition coefficient (Wildman–Crippen LogP) is 5.46. The van der Waals surface area contributed by atoms with Crippen LogP contribution in [0, 0.1) is 40.4 Å². The zero-order valence-corrected chi connectivity index (χ0v) is 28.1. The summed E-state index contributed by atoms with van der Waals surface area (Å²) in [5.41, 5.74) is -2.62. The zero-order chi connectivity index (χ0) is 31.4. The van der Waals surface area contributed by atoms with Crippen LogP contribution in [0.4, 0.5) is 0 Å². The molecule has 1 aliphatic heterocycles. The summed E-state index contributed by atoms with van der Waals surface area (Å²) in [6.07, 6.45) is 10.8. The molecule has 0 bridgehead atoms. The van der Waals surface area contributed by atoms with E-state index in [9.17, 15) is 27.7 Å². The van der Waals surface area contributed by atoms with E-state index < -0.39 is 27.5 Å². The van der Waals surface area contributed by atoms with Crippen LogP contribution in [0.25, 0.3) is 0 Å². The second kappa shape index (κ2) is 12.1. The smallest absolute Gasteiger partial charge is 0.267 e. The molecule has 8 nitrogen and oxygen atoms in total. The normalized spacial score (nSPS) is 43.1. The van der Waals surface area contributed by atoms with Crippen LogP contribution in [0.1, 0.15) is 118 Å². The molecule has 1 saturated heterocycles. The molecule has 5 fully saturated rings. The molecule has 246 valence electrons. The highest BCUT2D eigenvalue weighted by molar-refractivity contribution is 7.85. The van der Waals surface area contributed by atoms with Crippen LogP contribution in [0.2, 0.25) is 0 Å². The van der Waals surface area contributed by atoms with E-state index in [2.05, 4.69) is 32.6 Å². The number of nitrogens with zero attached hydrogens (tertiary/aromatic N) is 1. The maximum Gasteiger partial charge on any atom is 0.267 e. The second-order valence-electron chi connectivity index (χ2n) is 15.9. The quantitative estimate of drug-likeness (QED) is 0.308. The third kappa shape index (κ3) is 6.04. The summed E-state index contributed by atoms with van der Waals surface area (Å²) in [7, 11) is -4.44. The van der Waals surface area contributed by atoms with Gasteiger partial charge in [-0.15, -0.1) is 0 Å². The Bertz CT molecular complexity index is 1170. The number of carbonyl (C=O) groups is 2. The highest BCUT2D eigenvalue weighted by Gasteiger charge is 2.67. The molecule has 5 rings (SSSR count). The number of carbonyl (C=O) groups excluding carboxylic acids is 2. The fourth-order valence-electron chi connectivity index (χ4n) is 11.4. The van der Waals surface area contributed by atoms with Gasteiger partial charge in [0.25, 0.3) is 10.1 Å². The van der Waals surface area contributed by atoms with Crippen LogP contribution in [-0.2, 0) is 24.4 Å². The van der Waals surface area contributed by atoms with Crippen LogP contribution in [0.3, 0.4) is 0 Å². The molecule has 2 N–H and O–H groups in total. The Kier molecular flexibility index (Phi) is 9.39. The molecule has 4 saturated carbocycles. The molecular formula is C34H57NO7S. The standard InChI is InChI=1S/C34H57NO7S/c1-6-8-14-33(15-9-7-2)21-35(16-17-42-33)29-20-31(4)24(18-34(29,38)22-43(39,40)41)10-11-25-27-13-12-26(23(3)36)32(27,5)19-28(37)30(25)31/h24-27,29-30,38H,6-22H2,1-5H3,(H,39,40,41)/t24-,25-,26+,27-,29-,30+,31-,32+,34+/m0/s1. The van der Waals surface area contributed by atoms with Gasteiger partial charge in [0.05, 0.1) is 17.8 Å². The van der Waals surface area contributed by atoms with Crippen molar-refractivity contribution >= 4 is 21.7 Å². The van der Waals surface area contributed by atoms with E-state index in [1.54, 1.807) is 6.92 Å². The first-order valence-corrected chi connectivity index (χ1v) is 18.8. The minimum Gasteiger partial charge on any atom is -0.387 e. The van der Waals surface area contributed by atoms with E-state index in [1.807, 2.05) is 0 Å². The van der Waals surface area contributed by atoms with Gasteiger partial charge in [-0.3, -0.25) is 19.0 Å². The lowest BCUT2D eigenvalue weighted by Crippen LogP contribution is -2.69. The number of aliphatic hydroxyl groups is 1. The van der Waals surface area contributed by atoms with E-state index in [0.29, 0.717) is 38.5 Å². The number of rotatable bonds is 10. The molecule has 9 heteroatoms. The topological polar surface area (TPSA) is 121 Å². The second-order valence-corrected chi connectivity index (χ2v) is 17.3. The number of hydrogen-bond donors (Lipinski definition) is 2. The Labute approximate surface area is 259 Å². The van der Waals surface area contributed by atoms with E-state index in [0.717, 1.165) is 64.2 Å². The van der Waals surface area contributed by atoms with Crippen molar-refractivity contribution in [2.45, 2.75) is 135 Å². The number of hydrogen-bond acceptors (Lipinski definition) is 7. The van der Waals surface area contributed by atoms with E-state index in [4.69, 9.17) is 4.74 Å². The van der Waals surface area contributed by atoms with Crippen molar-refractivity contribution in [3.8, 4) is 0 Å². The number of Topliss-reactive ketones (excluding diaryl/α,β-unsaturated/α-hetero) is 2. The van der Waals surface area contributed by atoms with E-state index >= 15 is 0 Å². The maximum atomic E-state index is 14.3. The van der Waals surface area contributed by atoms with Gasteiger partial charge in [0.15, 0.2) is 0 Å². The third-order valence-corrected chi connectivity index (χ3v) is 14.1. The SMILES string of the molecule is CCCCC1(CCCC)CN([C@H]2C[C@@]3(C)[C@@H](CC[C@H]4[C@@H]5CC[C@H](C(C)=O)[C@@]5(C)CC(=O)[C@@H]43)C[C@@]2(O)CS(=O)(=O)O)CCO1. The Hall–Kier alpha value is -0.870. The summed E-state index contributed by atoms with van der Waals surface area (Å²) in [6.45, 7) is 12.2. The minimum absolute atomic E-state index is 0.0129. The average molecular weight is 624 g/mol. The van der Waals surface area contributed by atoms with Gasteiger partial charge in [0.1, 0.15) is 17.3 Å². The summed E-state index contributed by atoms with van der Waals surface area (Å²) in [6, 6.07) is -0.504. The van der Waals surface area contributed by atoms with Gasteiger partial charge in [-0.1, -0.05) is 53.4 Å². The van der Waals surface area contributed by atoms with Gasteiger partial charge in [0.2, 0.25) is 0 Å². The lowest BCUT2D eigenvalue weighted by Gasteiger charge is -2.64. The molecule has 4 aliphatic carbocycles. The molecule has 0 amide bonds. The number of ether oxygens (including phenoxy) is 1. The molecule has 0 unspecified atom stereocenters. The summed E-state index contributed by atoms with van der Waals surface area (Å²) in [5, 5.41) is 12.3. The lowest BCUT2D eigenvalue weighted by molar-refractivity contribution is -0.200. The fourth-order valence-corrected chi connectivity index (χ4v) is 12.3. The first kappa shape index (κ1) is 33.5. The van der Waals surface area contributed by atoms with Crippen molar-refractivity contribution in [2.75, 3.05) is 25.4 Å². The largest absolute Gasteiger partial charge is 0.387 e. The van der Waals surface area contributed by atoms with Crippen LogP contribution >= 0.6 is 0 Å². The van der Waals surface area contributed by atoms with Crippen molar-refractivity contribution < 1.29 is 32.4 Å². The van der Waals surface area contributed by atoms with Gasteiger partial charge in [-0.25, -0.2) is 0 Å². The summed E-state index contributed by atoms with van der Waals surface area (Å²) in [5.74, 6) is 0.0891. The lowest BCUT2D eigenvalue weighted by atomic mass is 9.43. The highest BCUT2D eigenvalue weighted by Crippen LogP contribution is 2.67. The Balaban J connectivity index is 1.50. The Morgan fingerprint density at radius 2 is 1.70 bits per heavy atom. The predicted molar refractivity (Wildman–Crippen MR) is 166 cm³/mol. The van der Waals surface area contributed by atoms with Crippen molar-refractivity contribution in [1.29, 1.82) is 0 Å². The fraction of sp³-hybridized carbons (Fsp3) is 0.941. The average Bonchev–Trinajstić information content (AvgIpc) is 3.26. The Morgan fingerprint density at radius 1 is 1.02 bits per heavy atom. The van der Waals surface area contributed by atoms with Crippen molar-refractivity contribution in [3.05, 3.63) is 0 Å². The summed E-state index contributed by atoms with van der Waals surface area (Å²) < 4.78 is 41.3. The highest BCUT2D eigenvalue weighted by atomic mass is 32.2. The minimum atomic E-state index is -4.44. The molecule has 1 heterocycles. The van der Waals surface area contributed by atoms with Crippen LogP contribution in [0.5, 0.6) is 0 Å². The first-order valence-electron chi connectivity index (χ1n) is 17.2. The molecule has 0 aromatic rings. The van der Waals surface area contributed by atoms with Crippen LogP contribution < -0.4 is 0 Å². The monoisotopic (exact) mass is 623 g/mol. The molecule has 43 heavy (non-hydrogen) atoms. The molecule has 0 spiro atoms. The molecule has 0 aromatic carbocycles. The van der Waals surface area contributed by atoms with Crippen LogP contribution in [-0.4, -0.2) is 77.2 Å². The number of unbranched alkanes of at least 4 members (excludes halogenated alkanes) is 2. The maximum absolute atomic E-state index is 14.3. The third-order valence-electron chi connectivity index (χ3n) is 13.2. The van der Waals surface area contributed by atoms with Crippen LogP contribution in [0.15, 0.2) is 0 Å². The molecule has 0 radical (unpaired) electrons. The molecule has 5 aliphatic rings. The number of ketones is 2. The molecular weight excluding hydrogens is 566 g/mol. The number of fused-ring (bicyclic) bond motifs is 5. The zero-order valence-electron chi connectivity index (χ0n) is 27.3. The van der Waals surface area contributed by atoms with Gasteiger partial charge >= 0.3 is 0 Å². The van der Waals surface area contributed by atoms with Gasteiger partial charge in [-0.2, -0.15) is 8.42 Å². The van der Waals surface area contributed by atoms with Gasteiger partial charge in [-0.05, 0) is 86.9 Å². The van der Waals surface area contributed by atoms with E-state index in [-0.39, 0.29) is 58.1 Å². The van der Waals surface area contributed by atoms with Crippen molar-refractivity contribution in [2.24, 2.45) is 40.4 Å². The van der Waals surface area contributed by atoms with Crippen molar-refractivity contribution in [1.82, 2.24) is 4.90 Å². The molecule has 0 aromatic heterocycles. The molecule has 9 atom stereocenters. The van der Waals surface area contributed by atoms with Crippen molar-refractivity contribution in [3.63, 3.8) is 0 Å². The van der Waals surface area contributed by atoms with Gasteiger partial charge in [0, 0.05) is 37.4 Å². The summed E-state index contributed by atoms with van der Waals surface area (Å²) in [4.78, 5) is 29.2. The summed E-state index contributed by atoms with van der Waals surface area (Å²) >= 11 is 0. The first-order chi connectivity index (χ1) is 20.1. The van der Waals surface area contributed by atoms with Gasteiger partial charge < -0.3 is 9.84 Å².